The summed E-state index contributed by atoms with van der Waals surface area (Å²) in [5.41, 5.74) is 0.355. The second-order valence-electron chi connectivity index (χ2n) is 5.59. The summed E-state index contributed by atoms with van der Waals surface area (Å²) in [6.07, 6.45) is -0.562. The van der Waals surface area contributed by atoms with Gasteiger partial charge in [-0.25, -0.2) is 14.8 Å². The average Bonchev–Trinajstić information content (AvgIpc) is 2.65. The topological polar surface area (TPSA) is 49.9 Å². The number of carbonyl (C=O) groups is 2. The normalized spacial score (nSPS) is 15.8. The highest BCUT2D eigenvalue weighted by Crippen LogP contribution is 2.26. The van der Waals surface area contributed by atoms with Crippen LogP contribution in [0.3, 0.4) is 0 Å². The van der Waals surface area contributed by atoms with Crippen molar-refractivity contribution in [1.82, 2.24) is 5.01 Å². The first-order valence-electron chi connectivity index (χ1n) is 6.37. The van der Waals surface area contributed by atoms with Gasteiger partial charge in [-0.3, -0.25) is 4.79 Å². The number of hydrogen-bond donors (Lipinski definition) is 0. The zero-order chi connectivity index (χ0) is 14.9. The maximum atomic E-state index is 12.2. The molecule has 1 saturated heterocycles. The van der Waals surface area contributed by atoms with Crippen molar-refractivity contribution in [3.63, 3.8) is 0 Å². The van der Waals surface area contributed by atoms with Crippen molar-refractivity contribution in [2.45, 2.75) is 26.4 Å². The molecule has 0 radical (unpaired) electrons. The molecule has 0 aromatic heterocycles. The van der Waals surface area contributed by atoms with E-state index in [-0.39, 0.29) is 12.5 Å². The third kappa shape index (κ3) is 2.82. The predicted octanol–water partition coefficient (Wildman–Crippen LogP) is 2.74. The molecule has 2 rings (SSSR count). The van der Waals surface area contributed by atoms with E-state index in [1.807, 2.05) is 6.07 Å². The van der Waals surface area contributed by atoms with Gasteiger partial charge in [-0.2, -0.15) is 0 Å². The highest BCUT2D eigenvalue weighted by molar-refractivity contribution is 6.09. The third-order valence-corrected chi connectivity index (χ3v) is 2.68. The zero-order valence-corrected chi connectivity index (χ0v) is 11.9. The van der Waals surface area contributed by atoms with E-state index in [1.165, 1.54) is 10.0 Å². The van der Waals surface area contributed by atoms with Crippen LogP contribution in [0.5, 0.6) is 0 Å². The van der Waals surface area contributed by atoms with E-state index in [4.69, 9.17) is 4.74 Å². The van der Waals surface area contributed by atoms with Crippen molar-refractivity contribution in [2.24, 2.45) is 0 Å². The van der Waals surface area contributed by atoms with E-state index in [0.717, 1.165) is 0 Å². The van der Waals surface area contributed by atoms with Gasteiger partial charge in [-0.05, 0) is 32.9 Å². The Kier molecular flexibility index (Phi) is 3.53. The lowest BCUT2D eigenvalue weighted by Gasteiger charge is -2.29. The van der Waals surface area contributed by atoms with Crippen LogP contribution < -0.4 is 5.01 Å². The first kappa shape index (κ1) is 14.1. The zero-order valence-electron chi connectivity index (χ0n) is 11.9. The smallest absolute Gasteiger partial charge is 0.430 e. The van der Waals surface area contributed by atoms with Crippen LogP contribution in [0.15, 0.2) is 42.5 Å². The fraction of sp³-hybridized carbons (Fsp3) is 0.333. The van der Waals surface area contributed by atoms with Gasteiger partial charge in [0.2, 0.25) is 0 Å². The Labute approximate surface area is 118 Å². The molecule has 1 aliphatic rings. The van der Waals surface area contributed by atoms with Gasteiger partial charge >= 0.3 is 6.09 Å². The van der Waals surface area contributed by atoms with Crippen molar-refractivity contribution in [3.05, 3.63) is 42.5 Å². The first-order valence-corrected chi connectivity index (χ1v) is 6.37. The van der Waals surface area contributed by atoms with Gasteiger partial charge in [0.15, 0.2) is 0 Å². The van der Waals surface area contributed by atoms with Crippen molar-refractivity contribution in [3.8, 4) is 0 Å². The second kappa shape index (κ2) is 5.00. The molecular weight excluding hydrogens is 256 g/mol. The minimum atomic E-state index is -0.619. The van der Waals surface area contributed by atoms with E-state index in [0.29, 0.717) is 11.3 Å². The van der Waals surface area contributed by atoms with Crippen molar-refractivity contribution in [2.75, 3.05) is 11.6 Å². The van der Waals surface area contributed by atoms with Gasteiger partial charge in [0, 0.05) is 5.57 Å². The van der Waals surface area contributed by atoms with E-state index < -0.39 is 11.7 Å². The molecule has 20 heavy (non-hydrogen) atoms. The maximum absolute atomic E-state index is 12.2. The van der Waals surface area contributed by atoms with Crippen LogP contribution in [0.25, 0.3) is 0 Å². The first-order chi connectivity index (χ1) is 9.29. The molecular formula is C15H18N2O3. The molecule has 0 unspecified atom stereocenters. The SMILES string of the molecule is C=C1CN(C(=O)OC(C)(C)C)N(c2ccccc2)C1=O. The number of ether oxygens (including phenoxy) is 1. The largest absolute Gasteiger partial charge is 0.442 e. The summed E-state index contributed by atoms with van der Waals surface area (Å²) in [6.45, 7) is 9.19. The number of rotatable bonds is 1. The monoisotopic (exact) mass is 274 g/mol. The molecule has 1 heterocycles. The van der Waals surface area contributed by atoms with Gasteiger partial charge in [-0.1, -0.05) is 24.8 Å². The summed E-state index contributed by atoms with van der Waals surface area (Å²) in [5.74, 6) is -0.290. The number of amides is 2. The van der Waals surface area contributed by atoms with Crippen LogP contribution in [0, 0.1) is 0 Å². The van der Waals surface area contributed by atoms with Crippen LogP contribution in [0.2, 0.25) is 0 Å². The summed E-state index contributed by atoms with van der Waals surface area (Å²) < 4.78 is 5.32. The van der Waals surface area contributed by atoms with Gasteiger partial charge in [0.05, 0.1) is 12.2 Å². The summed E-state index contributed by atoms with van der Waals surface area (Å²) in [6, 6.07) is 8.96. The van der Waals surface area contributed by atoms with Gasteiger partial charge < -0.3 is 4.74 Å². The number of para-hydroxylation sites is 1. The van der Waals surface area contributed by atoms with E-state index >= 15 is 0 Å². The van der Waals surface area contributed by atoms with Crippen molar-refractivity contribution >= 4 is 17.7 Å². The molecule has 0 atom stereocenters. The molecule has 2 amide bonds. The molecule has 0 N–H and O–H groups in total. The molecule has 1 aromatic rings. The summed E-state index contributed by atoms with van der Waals surface area (Å²) >= 11 is 0. The summed E-state index contributed by atoms with van der Waals surface area (Å²) in [5, 5.41) is 2.57. The third-order valence-electron chi connectivity index (χ3n) is 2.68. The quantitative estimate of drug-likeness (QED) is 0.740. The van der Waals surface area contributed by atoms with Crippen molar-refractivity contribution < 1.29 is 14.3 Å². The molecule has 0 spiro atoms. The lowest BCUT2D eigenvalue weighted by molar-refractivity contribution is -0.115. The highest BCUT2D eigenvalue weighted by atomic mass is 16.6. The van der Waals surface area contributed by atoms with E-state index in [9.17, 15) is 9.59 Å². The molecule has 5 nitrogen and oxygen atoms in total. The molecule has 106 valence electrons. The fourth-order valence-electron chi connectivity index (χ4n) is 1.87. The van der Waals surface area contributed by atoms with Gasteiger partial charge in [-0.15, -0.1) is 0 Å². The van der Waals surface area contributed by atoms with Gasteiger partial charge in [0.1, 0.15) is 5.60 Å². The van der Waals surface area contributed by atoms with Crippen LogP contribution in [0.4, 0.5) is 10.5 Å². The Morgan fingerprint density at radius 2 is 1.85 bits per heavy atom. The molecule has 1 fully saturated rings. The highest BCUT2D eigenvalue weighted by Gasteiger charge is 2.38. The van der Waals surface area contributed by atoms with Gasteiger partial charge in [0.25, 0.3) is 5.91 Å². The molecule has 5 heteroatoms. The molecule has 0 saturated carbocycles. The van der Waals surface area contributed by atoms with Crippen LogP contribution in [-0.2, 0) is 9.53 Å². The number of benzene rings is 1. The minimum absolute atomic E-state index is 0.142. The van der Waals surface area contributed by atoms with E-state index in [1.54, 1.807) is 45.0 Å². The standard InChI is InChI=1S/C15H18N2O3/c1-11-10-16(14(19)20-15(2,3)4)17(13(11)18)12-8-6-5-7-9-12/h5-9H,1,10H2,2-4H3. The molecule has 0 aliphatic carbocycles. The lowest BCUT2D eigenvalue weighted by Crippen LogP contribution is -2.45. The van der Waals surface area contributed by atoms with E-state index in [2.05, 4.69) is 6.58 Å². The number of carbonyl (C=O) groups excluding carboxylic acids is 2. The molecule has 0 bridgehead atoms. The van der Waals surface area contributed by atoms with Crippen LogP contribution >= 0.6 is 0 Å². The summed E-state index contributed by atoms with van der Waals surface area (Å²) in [7, 11) is 0. The van der Waals surface area contributed by atoms with Crippen LogP contribution in [0.1, 0.15) is 20.8 Å². The number of anilines is 1. The maximum Gasteiger partial charge on any atom is 0.430 e. The minimum Gasteiger partial charge on any atom is -0.442 e. The number of hydrazine groups is 1. The Morgan fingerprint density at radius 3 is 2.40 bits per heavy atom. The van der Waals surface area contributed by atoms with Crippen molar-refractivity contribution in [1.29, 1.82) is 0 Å². The second-order valence-corrected chi connectivity index (χ2v) is 5.59. The lowest BCUT2D eigenvalue weighted by atomic mass is 10.2. The number of nitrogens with zero attached hydrogens (tertiary/aromatic N) is 2. The fourth-order valence-corrected chi connectivity index (χ4v) is 1.87. The summed E-state index contributed by atoms with van der Waals surface area (Å²) in [4.78, 5) is 24.4. The predicted molar refractivity (Wildman–Crippen MR) is 76.0 cm³/mol. The van der Waals surface area contributed by atoms with Crippen LogP contribution in [-0.4, -0.2) is 29.2 Å². The Balaban J connectivity index is 2.29. The molecule has 1 aliphatic heterocycles. The number of hydrogen-bond acceptors (Lipinski definition) is 3. The average molecular weight is 274 g/mol. The Morgan fingerprint density at radius 1 is 1.25 bits per heavy atom. The Bertz CT molecular complexity index is 546. The molecule has 1 aromatic carbocycles. The Hall–Kier alpha value is -2.30.